The Hall–Kier alpha value is -2.93. The van der Waals surface area contributed by atoms with Gasteiger partial charge in [-0.3, -0.25) is 4.79 Å². The number of hydrogen-bond acceptors (Lipinski definition) is 1. The topological polar surface area (TPSA) is 17.1 Å². The Balaban J connectivity index is 1.95. The predicted octanol–water partition coefficient (Wildman–Crippen LogP) is 5.95. The number of benzene rings is 3. The second-order valence-electron chi connectivity index (χ2n) is 5.95. The number of carbonyl (C=O) groups excluding carboxylic acids is 1. The van der Waals surface area contributed by atoms with E-state index < -0.39 is 0 Å². The summed E-state index contributed by atoms with van der Waals surface area (Å²) in [4.78, 5) is 10.8. The number of aryl methyl sites for hydroxylation is 1. The van der Waals surface area contributed by atoms with Gasteiger partial charge < -0.3 is 0 Å². The molecule has 0 aromatic heterocycles. The van der Waals surface area contributed by atoms with E-state index in [0.717, 1.165) is 17.4 Å². The van der Waals surface area contributed by atoms with Crippen LogP contribution in [0.1, 0.15) is 32.6 Å². The highest BCUT2D eigenvalue weighted by Gasteiger charge is 2.04. The molecule has 0 unspecified atom stereocenters. The van der Waals surface area contributed by atoms with Gasteiger partial charge in [-0.25, -0.2) is 0 Å². The Morgan fingerprint density at radius 1 is 0.750 bits per heavy atom. The summed E-state index contributed by atoms with van der Waals surface area (Å²) in [6.45, 7) is 4.18. The number of aldehydes is 1. The Morgan fingerprint density at radius 2 is 1.50 bits per heavy atom. The zero-order valence-electron chi connectivity index (χ0n) is 14.0. The summed E-state index contributed by atoms with van der Waals surface area (Å²) in [7, 11) is 0. The monoisotopic (exact) mass is 312 g/mol. The van der Waals surface area contributed by atoms with Crippen LogP contribution in [0, 0.1) is 13.8 Å². The average Bonchev–Trinajstić information content (AvgIpc) is 2.62. The lowest BCUT2D eigenvalue weighted by Crippen LogP contribution is -1.88. The molecule has 0 aliphatic heterocycles. The van der Waals surface area contributed by atoms with Crippen molar-refractivity contribution in [2.45, 2.75) is 13.8 Å². The van der Waals surface area contributed by atoms with Gasteiger partial charge in [0.1, 0.15) is 6.29 Å². The molecule has 3 aromatic rings. The maximum absolute atomic E-state index is 10.8. The lowest BCUT2D eigenvalue weighted by Gasteiger charge is -2.09. The molecule has 0 spiro atoms. The van der Waals surface area contributed by atoms with E-state index >= 15 is 0 Å². The van der Waals surface area contributed by atoms with Crippen LogP contribution in [-0.4, -0.2) is 6.29 Å². The van der Waals surface area contributed by atoms with Crippen LogP contribution in [0.3, 0.4) is 0 Å². The van der Waals surface area contributed by atoms with Crippen molar-refractivity contribution in [3.63, 3.8) is 0 Å². The third-order valence-electron chi connectivity index (χ3n) is 4.33. The van der Waals surface area contributed by atoms with Crippen molar-refractivity contribution in [3.05, 3.63) is 94.5 Å². The zero-order chi connectivity index (χ0) is 16.9. The van der Waals surface area contributed by atoms with E-state index in [1.54, 1.807) is 0 Å². The van der Waals surface area contributed by atoms with Crippen LogP contribution >= 0.6 is 0 Å². The fourth-order valence-electron chi connectivity index (χ4n) is 2.90. The van der Waals surface area contributed by atoms with Crippen molar-refractivity contribution < 1.29 is 4.79 Å². The van der Waals surface area contributed by atoms with Crippen LogP contribution < -0.4 is 0 Å². The molecule has 3 aromatic carbocycles. The largest absolute Gasteiger partial charge is 0.298 e. The highest BCUT2D eigenvalue weighted by Crippen LogP contribution is 2.26. The van der Waals surface area contributed by atoms with Gasteiger partial charge in [0.15, 0.2) is 0 Å². The number of rotatable bonds is 4. The molecule has 0 N–H and O–H groups in total. The van der Waals surface area contributed by atoms with Crippen molar-refractivity contribution in [2.75, 3.05) is 0 Å². The summed E-state index contributed by atoms with van der Waals surface area (Å²) in [6, 6.07) is 22.6. The second-order valence-corrected chi connectivity index (χ2v) is 5.95. The van der Waals surface area contributed by atoms with Crippen molar-refractivity contribution in [1.29, 1.82) is 0 Å². The van der Waals surface area contributed by atoms with Crippen molar-refractivity contribution >= 4 is 18.4 Å². The third-order valence-corrected chi connectivity index (χ3v) is 4.33. The molecule has 0 heterocycles. The smallest absolute Gasteiger partial charge is 0.150 e. The molecule has 0 saturated carbocycles. The van der Waals surface area contributed by atoms with E-state index in [9.17, 15) is 4.79 Å². The molecule has 0 saturated heterocycles. The van der Waals surface area contributed by atoms with Crippen LogP contribution in [0.4, 0.5) is 0 Å². The summed E-state index contributed by atoms with van der Waals surface area (Å²) < 4.78 is 0. The van der Waals surface area contributed by atoms with Crippen LogP contribution in [-0.2, 0) is 0 Å². The molecule has 0 fully saturated rings. The van der Waals surface area contributed by atoms with E-state index in [2.05, 4.69) is 61.5 Å². The highest BCUT2D eigenvalue weighted by atomic mass is 16.1. The summed E-state index contributed by atoms with van der Waals surface area (Å²) in [6.07, 6.45) is 5.14. The number of carbonyl (C=O) groups is 1. The maximum atomic E-state index is 10.8. The van der Waals surface area contributed by atoms with E-state index in [-0.39, 0.29) is 0 Å². The first-order valence-corrected chi connectivity index (χ1v) is 8.08. The SMILES string of the molecule is Cc1cc(C=O)ccc1/C=C/c1cccc(-c2ccccc2)c1C. The molecule has 118 valence electrons. The van der Waals surface area contributed by atoms with Crippen molar-refractivity contribution in [1.82, 2.24) is 0 Å². The van der Waals surface area contributed by atoms with Gasteiger partial charge in [-0.2, -0.15) is 0 Å². The van der Waals surface area contributed by atoms with Gasteiger partial charge in [-0.15, -0.1) is 0 Å². The molecule has 0 radical (unpaired) electrons. The Bertz CT molecular complexity index is 889. The minimum absolute atomic E-state index is 0.715. The number of hydrogen-bond donors (Lipinski definition) is 0. The summed E-state index contributed by atoms with van der Waals surface area (Å²) >= 11 is 0. The molecule has 1 heteroatoms. The molecular weight excluding hydrogens is 292 g/mol. The van der Waals surface area contributed by atoms with Gasteiger partial charge in [0.25, 0.3) is 0 Å². The van der Waals surface area contributed by atoms with Gasteiger partial charge in [0, 0.05) is 5.56 Å². The summed E-state index contributed by atoms with van der Waals surface area (Å²) in [5.74, 6) is 0. The zero-order valence-corrected chi connectivity index (χ0v) is 14.0. The van der Waals surface area contributed by atoms with Gasteiger partial charge in [-0.05, 0) is 53.3 Å². The average molecular weight is 312 g/mol. The van der Waals surface area contributed by atoms with Crippen molar-refractivity contribution in [2.24, 2.45) is 0 Å². The van der Waals surface area contributed by atoms with E-state index in [1.165, 1.54) is 22.3 Å². The molecule has 3 rings (SSSR count). The molecule has 1 nitrogen and oxygen atoms in total. The fourth-order valence-corrected chi connectivity index (χ4v) is 2.90. The first-order chi connectivity index (χ1) is 11.7. The molecule has 0 aliphatic rings. The molecule has 0 amide bonds. The first kappa shape index (κ1) is 15.9. The van der Waals surface area contributed by atoms with Crippen LogP contribution in [0.5, 0.6) is 0 Å². The lowest BCUT2D eigenvalue weighted by molar-refractivity contribution is 0.112. The Kier molecular flexibility index (Phi) is 4.72. The predicted molar refractivity (Wildman–Crippen MR) is 102 cm³/mol. The molecular formula is C23H20O. The highest BCUT2D eigenvalue weighted by molar-refractivity contribution is 5.80. The Labute approximate surface area is 143 Å². The van der Waals surface area contributed by atoms with Gasteiger partial charge in [0.2, 0.25) is 0 Å². The standard InChI is InChI=1S/C23H20O/c1-17-15-19(16-24)11-12-20(17)13-14-21-9-6-10-23(18(21)2)22-7-4-3-5-8-22/h3-16H,1-2H3/b14-13+. The normalized spacial score (nSPS) is 10.9. The van der Waals surface area contributed by atoms with Crippen LogP contribution in [0.15, 0.2) is 66.7 Å². The maximum Gasteiger partial charge on any atom is 0.150 e. The van der Waals surface area contributed by atoms with Crippen LogP contribution in [0.2, 0.25) is 0 Å². The van der Waals surface area contributed by atoms with Gasteiger partial charge in [-0.1, -0.05) is 72.8 Å². The lowest BCUT2D eigenvalue weighted by atomic mass is 9.95. The summed E-state index contributed by atoms with van der Waals surface area (Å²) in [5.41, 5.74) is 7.91. The first-order valence-electron chi connectivity index (χ1n) is 8.08. The fraction of sp³-hybridized carbons (Fsp3) is 0.0870. The van der Waals surface area contributed by atoms with E-state index in [0.29, 0.717) is 5.56 Å². The van der Waals surface area contributed by atoms with Crippen molar-refractivity contribution in [3.8, 4) is 11.1 Å². The molecule has 0 aliphatic carbocycles. The third kappa shape index (κ3) is 3.36. The quantitative estimate of drug-likeness (QED) is 0.429. The minimum Gasteiger partial charge on any atom is -0.298 e. The summed E-state index contributed by atoms with van der Waals surface area (Å²) in [5, 5.41) is 0. The van der Waals surface area contributed by atoms with Crippen LogP contribution in [0.25, 0.3) is 23.3 Å². The second kappa shape index (κ2) is 7.10. The molecule has 24 heavy (non-hydrogen) atoms. The van der Waals surface area contributed by atoms with Gasteiger partial charge >= 0.3 is 0 Å². The minimum atomic E-state index is 0.715. The molecule has 0 atom stereocenters. The van der Waals surface area contributed by atoms with Gasteiger partial charge in [0.05, 0.1) is 0 Å². The molecule has 0 bridgehead atoms. The Morgan fingerprint density at radius 3 is 2.21 bits per heavy atom. The van der Waals surface area contributed by atoms with E-state index in [1.807, 2.05) is 31.2 Å². The van der Waals surface area contributed by atoms with E-state index in [4.69, 9.17) is 0 Å².